The molecule has 0 aliphatic heterocycles. The van der Waals surface area contributed by atoms with Crippen LogP contribution < -0.4 is 0 Å². The van der Waals surface area contributed by atoms with E-state index in [0.29, 0.717) is 12.5 Å². The molecule has 1 amide bonds. The van der Waals surface area contributed by atoms with Crippen molar-refractivity contribution >= 4 is 28.2 Å². The lowest BCUT2D eigenvalue weighted by Gasteiger charge is -2.19. The molecule has 0 spiro atoms. The van der Waals surface area contributed by atoms with Crippen LogP contribution in [0.5, 0.6) is 0 Å². The molecule has 1 fully saturated rings. The number of carbonyl (C=O) groups is 2. The van der Waals surface area contributed by atoms with Crippen molar-refractivity contribution in [2.75, 3.05) is 13.1 Å². The Morgan fingerprint density at radius 3 is 2.63 bits per heavy atom. The van der Waals surface area contributed by atoms with E-state index in [4.69, 9.17) is 5.11 Å². The van der Waals surface area contributed by atoms with Crippen molar-refractivity contribution in [1.82, 2.24) is 4.90 Å². The molecule has 102 valence electrons. The maximum absolute atomic E-state index is 12.1. The average Bonchev–Trinajstić information content (AvgIpc) is 3.00. The second-order valence-electron chi connectivity index (χ2n) is 4.42. The van der Waals surface area contributed by atoms with Crippen molar-refractivity contribution < 1.29 is 19.6 Å². The quantitative estimate of drug-likeness (QED) is 0.631. The van der Waals surface area contributed by atoms with E-state index < -0.39 is 16.8 Å². The van der Waals surface area contributed by atoms with E-state index in [9.17, 15) is 19.7 Å². The Hall–Kier alpha value is -1.96. The summed E-state index contributed by atoms with van der Waals surface area (Å²) in [6.07, 6.45) is 1.99. The highest BCUT2D eigenvalue weighted by Gasteiger charge is 2.29. The molecule has 0 radical (unpaired) electrons. The third kappa shape index (κ3) is 3.50. The first-order valence-corrected chi connectivity index (χ1v) is 6.54. The van der Waals surface area contributed by atoms with Crippen LogP contribution in [-0.4, -0.2) is 39.9 Å². The van der Waals surface area contributed by atoms with Crippen LogP contribution >= 0.6 is 11.3 Å². The largest absolute Gasteiger partial charge is 0.480 e. The van der Waals surface area contributed by atoms with Crippen molar-refractivity contribution in [3.8, 4) is 0 Å². The fourth-order valence-electron chi connectivity index (χ4n) is 1.69. The highest BCUT2D eigenvalue weighted by molar-refractivity contribution is 7.17. The van der Waals surface area contributed by atoms with Crippen LogP contribution in [0.1, 0.15) is 22.5 Å². The standard InChI is InChI=1S/C11H12N2O5S/c14-10(15)6-12(5-7-1-2-7)11(16)8-3-4-9(19-8)13(17)18/h3-4,7H,1-2,5-6H2,(H,14,15). The Bertz CT molecular complexity index is 523. The van der Waals surface area contributed by atoms with Gasteiger partial charge in [-0.15, -0.1) is 0 Å². The van der Waals surface area contributed by atoms with Crippen molar-refractivity contribution in [2.24, 2.45) is 5.92 Å². The zero-order chi connectivity index (χ0) is 14.0. The number of carboxylic acids is 1. The van der Waals surface area contributed by atoms with Gasteiger partial charge in [-0.3, -0.25) is 19.7 Å². The van der Waals surface area contributed by atoms with Crippen LogP contribution in [0.4, 0.5) is 5.00 Å². The summed E-state index contributed by atoms with van der Waals surface area (Å²) in [6.45, 7) is 0.0257. The fraction of sp³-hybridized carbons (Fsp3) is 0.455. The van der Waals surface area contributed by atoms with E-state index >= 15 is 0 Å². The first-order chi connectivity index (χ1) is 8.97. The monoisotopic (exact) mass is 284 g/mol. The van der Waals surface area contributed by atoms with E-state index in [2.05, 4.69) is 0 Å². The second kappa shape index (κ2) is 5.35. The Morgan fingerprint density at radius 2 is 2.16 bits per heavy atom. The van der Waals surface area contributed by atoms with Crippen LogP contribution in [-0.2, 0) is 4.79 Å². The van der Waals surface area contributed by atoms with Crippen LogP contribution in [0, 0.1) is 16.0 Å². The lowest BCUT2D eigenvalue weighted by atomic mass is 10.3. The van der Waals surface area contributed by atoms with Gasteiger partial charge in [0.15, 0.2) is 0 Å². The number of nitrogens with zero attached hydrogens (tertiary/aromatic N) is 2. The van der Waals surface area contributed by atoms with Gasteiger partial charge in [0.25, 0.3) is 5.91 Å². The number of aliphatic carboxylic acids is 1. The molecule has 0 aromatic carbocycles. The number of rotatable bonds is 6. The van der Waals surface area contributed by atoms with Gasteiger partial charge in [0.1, 0.15) is 6.54 Å². The Morgan fingerprint density at radius 1 is 1.47 bits per heavy atom. The first-order valence-electron chi connectivity index (χ1n) is 5.72. The molecule has 8 heteroatoms. The molecule has 1 N–H and O–H groups in total. The number of thiophene rings is 1. The molecule has 1 saturated carbocycles. The van der Waals surface area contributed by atoms with Gasteiger partial charge in [0.05, 0.1) is 9.80 Å². The van der Waals surface area contributed by atoms with Crippen LogP contribution in [0.2, 0.25) is 0 Å². The summed E-state index contributed by atoms with van der Waals surface area (Å²) in [5, 5.41) is 19.3. The minimum absolute atomic E-state index is 0.120. The molecule has 1 aromatic rings. The van der Waals surface area contributed by atoms with Gasteiger partial charge in [0.2, 0.25) is 0 Å². The van der Waals surface area contributed by atoms with E-state index in [-0.39, 0.29) is 16.4 Å². The van der Waals surface area contributed by atoms with Gasteiger partial charge < -0.3 is 10.0 Å². The van der Waals surface area contributed by atoms with Crippen molar-refractivity contribution in [3.63, 3.8) is 0 Å². The molecule has 0 atom stereocenters. The maximum atomic E-state index is 12.1. The third-order valence-corrected chi connectivity index (χ3v) is 3.80. The summed E-state index contributed by atoms with van der Waals surface area (Å²) in [7, 11) is 0. The van der Waals surface area contributed by atoms with Crippen LogP contribution in [0.3, 0.4) is 0 Å². The van der Waals surface area contributed by atoms with Crippen LogP contribution in [0.25, 0.3) is 0 Å². The molecular formula is C11H12N2O5S. The molecular weight excluding hydrogens is 272 g/mol. The Kier molecular flexibility index (Phi) is 3.79. The topological polar surface area (TPSA) is 101 Å². The number of carbonyl (C=O) groups excluding carboxylic acids is 1. The smallest absolute Gasteiger partial charge is 0.324 e. The zero-order valence-corrected chi connectivity index (χ0v) is 10.8. The zero-order valence-electron chi connectivity index (χ0n) is 9.94. The number of hydrogen-bond acceptors (Lipinski definition) is 5. The van der Waals surface area contributed by atoms with E-state index in [1.54, 1.807) is 0 Å². The second-order valence-corrected chi connectivity index (χ2v) is 5.48. The van der Waals surface area contributed by atoms with Crippen LogP contribution in [0.15, 0.2) is 12.1 Å². The highest BCUT2D eigenvalue weighted by Crippen LogP contribution is 2.31. The predicted octanol–water partition coefficient (Wildman–Crippen LogP) is 1.59. The average molecular weight is 284 g/mol. The normalized spacial score (nSPS) is 14.1. The highest BCUT2D eigenvalue weighted by atomic mass is 32.1. The van der Waals surface area contributed by atoms with Crippen molar-refractivity contribution in [2.45, 2.75) is 12.8 Å². The number of hydrogen-bond donors (Lipinski definition) is 1. The van der Waals surface area contributed by atoms with Gasteiger partial charge in [-0.2, -0.15) is 0 Å². The molecule has 2 rings (SSSR count). The third-order valence-electron chi connectivity index (χ3n) is 2.77. The van der Waals surface area contributed by atoms with Gasteiger partial charge in [-0.05, 0) is 24.8 Å². The lowest BCUT2D eigenvalue weighted by Crippen LogP contribution is -2.36. The molecule has 19 heavy (non-hydrogen) atoms. The van der Waals surface area contributed by atoms with Gasteiger partial charge in [0, 0.05) is 12.6 Å². The Balaban J connectivity index is 2.11. The molecule has 1 aromatic heterocycles. The van der Waals surface area contributed by atoms with Crippen molar-refractivity contribution in [1.29, 1.82) is 0 Å². The minimum Gasteiger partial charge on any atom is -0.480 e. The summed E-state index contributed by atoms with van der Waals surface area (Å²) in [4.78, 5) is 34.3. The summed E-state index contributed by atoms with van der Waals surface area (Å²) >= 11 is 0.769. The van der Waals surface area contributed by atoms with E-state index in [0.717, 1.165) is 24.2 Å². The molecule has 1 aliphatic rings. The number of nitro groups is 1. The molecule has 0 saturated heterocycles. The summed E-state index contributed by atoms with van der Waals surface area (Å²) < 4.78 is 0. The predicted molar refractivity (Wildman–Crippen MR) is 67.2 cm³/mol. The first kappa shape index (κ1) is 13.5. The molecule has 1 aliphatic carbocycles. The fourth-order valence-corrected chi connectivity index (χ4v) is 2.48. The SMILES string of the molecule is O=C(O)CN(CC1CC1)C(=O)c1ccc([N+](=O)[O-])s1. The summed E-state index contributed by atoms with van der Waals surface area (Å²) in [6, 6.07) is 2.63. The lowest BCUT2D eigenvalue weighted by molar-refractivity contribution is -0.380. The Labute approximate surface area is 112 Å². The summed E-state index contributed by atoms with van der Waals surface area (Å²) in [5.41, 5.74) is 0. The minimum atomic E-state index is -1.08. The van der Waals surface area contributed by atoms with E-state index in [1.165, 1.54) is 17.0 Å². The van der Waals surface area contributed by atoms with Gasteiger partial charge >= 0.3 is 11.0 Å². The number of amides is 1. The van der Waals surface area contributed by atoms with E-state index in [1.807, 2.05) is 0 Å². The molecule has 7 nitrogen and oxygen atoms in total. The molecule has 1 heterocycles. The summed E-state index contributed by atoms with van der Waals surface area (Å²) in [5.74, 6) is -1.18. The molecule has 0 unspecified atom stereocenters. The van der Waals surface area contributed by atoms with Crippen molar-refractivity contribution in [3.05, 3.63) is 27.1 Å². The van der Waals surface area contributed by atoms with Gasteiger partial charge in [-0.25, -0.2) is 0 Å². The number of carboxylic acid groups (broad SMARTS) is 1. The maximum Gasteiger partial charge on any atom is 0.324 e. The molecule has 0 bridgehead atoms. The van der Waals surface area contributed by atoms with Gasteiger partial charge in [-0.1, -0.05) is 11.3 Å².